The predicted molar refractivity (Wildman–Crippen MR) is 114 cm³/mol. The molecule has 31 heavy (non-hydrogen) atoms. The van der Waals surface area contributed by atoms with Crippen molar-refractivity contribution in [3.63, 3.8) is 0 Å². The molecule has 2 heterocycles. The van der Waals surface area contributed by atoms with Gasteiger partial charge in [0.05, 0.1) is 29.3 Å². The third-order valence-corrected chi connectivity index (χ3v) is 6.09. The highest BCUT2D eigenvalue weighted by atomic mass is 16.6. The second-order valence-corrected chi connectivity index (χ2v) is 8.39. The van der Waals surface area contributed by atoms with Gasteiger partial charge < -0.3 is 24.0 Å². The van der Waals surface area contributed by atoms with Gasteiger partial charge in [0.15, 0.2) is 0 Å². The molecule has 2 aliphatic rings. The maximum Gasteiger partial charge on any atom is 0.257 e. The second-order valence-electron chi connectivity index (χ2n) is 8.39. The zero-order chi connectivity index (χ0) is 22.5. The topological polar surface area (TPSA) is 92.1 Å². The second kappa shape index (κ2) is 10.1. The Balaban J connectivity index is 1.96. The van der Waals surface area contributed by atoms with Crippen LogP contribution in [0.1, 0.15) is 42.1 Å². The van der Waals surface area contributed by atoms with E-state index in [1.807, 2.05) is 6.92 Å². The minimum atomic E-state index is -0.356. The molecular formula is C23H31N3O5. The van der Waals surface area contributed by atoms with Crippen molar-refractivity contribution in [1.29, 1.82) is 5.26 Å². The van der Waals surface area contributed by atoms with E-state index in [1.54, 1.807) is 44.3 Å². The van der Waals surface area contributed by atoms with E-state index in [0.717, 1.165) is 19.3 Å². The lowest BCUT2D eigenvalue weighted by Gasteiger charge is -2.36. The van der Waals surface area contributed by atoms with Crippen molar-refractivity contribution < 1.29 is 23.8 Å². The summed E-state index contributed by atoms with van der Waals surface area (Å²) in [5.41, 5.74) is 0.583. The fourth-order valence-corrected chi connectivity index (χ4v) is 4.28. The number of carbonyl (C=O) groups is 2. The summed E-state index contributed by atoms with van der Waals surface area (Å²) in [5.74, 6) is -0.423. The first kappa shape index (κ1) is 23.0. The molecule has 0 saturated carbocycles. The molecule has 0 aromatic heterocycles. The summed E-state index contributed by atoms with van der Waals surface area (Å²) in [7, 11) is 5.09. The number of ether oxygens (including phenoxy) is 3. The summed E-state index contributed by atoms with van der Waals surface area (Å²) in [6, 6.07) is 7.04. The maximum atomic E-state index is 13.2. The lowest BCUT2D eigenvalue weighted by Crippen LogP contribution is -2.45. The van der Waals surface area contributed by atoms with Gasteiger partial charge in [-0.05, 0) is 31.4 Å². The zero-order valence-electron chi connectivity index (χ0n) is 18.7. The van der Waals surface area contributed by atoms with E-state index >= 15 is 0 Å². The molecule has 0 aliphatic carbocycles. The van der Waals surface area contributed by atoms with Crippen LogP contribution in [0.25, 0.3) is 0 Å². The summed E-state index contributed by atoms with van der Waals surface area (Å²) >= 11 is 0. The molecule has 8 heteroatoms. The number of nitriles is 1. The molecule has 168 valence electrons. The number of carbonyl (C=O) groups excluding carboxylic acids is 2. The molecule has 1 saturated heterocycles. The molecule has 1 aromatic rings. The van der Waals surface area contributed by atoms with Crippen molar-refractivity contribution in [2.75, 3.05) is 40.9 Å². The molecule has 1 aromatic carbocycles. The van der Waals surface area contributed by atoms with Gasteiger partial charge in [-0.25, -0.2) is 0 Å². The SMILES string of the molecule is CO[C@@H]1CC[C@H]2CCN(C)C(=O)[C@H](C)CN(C)C(=O)c3cccc(C#N)c3OC[C@@H]1O2. The number of para-hydroxylation sites is 1. The summed E-state index contributed by atoms with van der Waals surface area (Å²) < 4.78 is 17.9. The Morgan fingerprint density at radius 3 is 2.65 bits per heavy atom. The molecule has 1 fully saturated rings. The average Bonchev–Trinajstić information content (AvgIpc) is 2.79. The molecular weight excluding hydrogens is 398 g/mol. The minimum absolute atomic E-state index is 0.00864. The van der Waals surface area contributed by atoms with Crippen molar-refractivity contribution >= 4 is 11.8 Å². The third kappa shape index (κ3) is 5.17. The number of benzene rings is 1. The number of nitrogens with zero attached hydrogens (tertiary/aromatic N) is 3. The van der Waals surface area contributed by atoms with Crippen LogP contribution in [0.2, 0.25) is 0 Å². The molecule has 8 nitrogen and oxygen atoms in total. The number of amides is 2. The lowest BCUT2D eigenvalue weighted by atomic mass is 9.99. The molecule has 4 atom stereocenters. The van der Waals surface area contributed by atoms with E-state index in [-0.39, 0.29) is 60.5 Å². The largest absolute Gasteiger partial charge is 0.489 e. The Hall–Kier alpha value is -2.63. The van der Waals surface area contributed by atoms with Gasteiger partial charge in [0, 0.05) is 34.3 Å². The van der Waals surface area contributed by atoms with Crippen molar-refractivity contribution in [3.8, 4) is 11.8 Å². The quantitative estimate of drug-likeness (QED) is 0.679. The molecule has 2 aliphatic heterocycles. The number of rotatable bonds is 1. The van der Waals surface area contributed by atoms with Crippen LogP contribution in [0.15, 0.2) is 18.2 Å². The molecule has 2 bridgehead atoms. The van der Waals surface area contributed by atoms with Gasteiger partial charge in [0.1, 0.15) is 24.5 Å². The first-order valence-electron chi connectivity index (χ1n) is 10.7. The Morgan fingerprint density at radius 2 is 1.94 bits per heavy atom. The highest BCUT2D eigenvalue weighted by molar-refractivity contribution is 5.97. The van der Waals surface area contributed by atoms with E-state index in [0.29, 0.717) is 12.1 Å². The minimum Gasteiger partial charge on any atom is -0.489 e. The van der Waals surface area contributed by atoms with E-state index in [9.17, 15) is 14.9 Å². The Labute approximate surface area is 183 Å². The zero-order valence-corrected chi connectivity index (χ0v) is 18.7. The van der Waals surface area contributed by atoms with E-state index < -0.39 is 0 Å². The van der Waals surface area contributed by atoms with Gasteiger partial charge in [-0.15, -0.1) is 0 Å². The summed E-state index contributed by atoms with van der Waals surface area (Å²) in [4.78, 5) is 29.2. The van der Waals surface area contributed by atoms with Crippen LogP contribution in [-0.2, 0) is 14.3 Å². The Morgan fingerprint density at radius 1 is 1.16 bits per heavy atom. The molecule has 2 amide bonds. The molecule has 0 spiro atoms. The number of fused-ring (bicyclic) bond motifs is 3. The normalized spacial score (nSPS) is 28.1. The van der Waals surface area contributed by atoms with Crippen LogP contribution < -0.4 is 4.74 Å². The lowest BCUT2D eigenvalue weighted by molar-refractivity contribution is -0.146. The van der Waals surface area contributed by atoms with E-state index in [1.165, 1.54) is 4.90 Å². The first-order chi connectivity index (χ1) is 14.8. The van der Waals surface area contributed by atoms with E-state index in [2.05, 4.69) is 6.07 Å². The summed E-state index contributed by atoms with van der Waals surface area (Å²) in [5, 5.41) is 9.57. The monoisotopic (exact) mass is 429 g/mol. The predicted octanol–water partition coefficient (Wildman–Crippen LogP) is 2.07. The van der Waals surface area contributed by atoms with Gasteiger partial charge in [-0.1, -0.05) is 13.0 Å². The fourth-order valence-electron chi connectivity index (χ4n) is 4.28. The van der Waals surface area contributed by atoms with Gasteiger partial charge in [0.25, 0.3) is 5.91 Å². The highest BCUT2D eigenvalue weighted by Crippen LogP contribution is 2.29. The van der Waals surface area contributed by atoms with Gasteiger partial charge in [-0.2, -0.15) is 5.26 Å². The summed E-state index contributed by atoms with van der Waals surface area (Å²) in [6.45, 7) is 2.84. The average molecular weight is 430 g/mol. The van der Waals surface area contributed by atoms with Crippen LogP contribution in [0.3, 0.4) is 0 Å². The van der Waals surface area contributed by atoms with Crippen molar-refractivity contribution in [3.05, 3.63) is 29.3 Å². The maximum absolute atomic E-state index is 13.2. The van der Waals surface area contributed by atoms with Gasteiger partial charge >= 0.3 is 0 Å². The van der Waals surface area contributed by atoms with E-state index in [4.69, 9.17) is 14.2 Å². The smallest absolute Gasteiger partial charge is 0.257 e. The molecule has 0 N–H and O–H groups in total. The van der Waals surface area contributed by atoms with Crippen LogP contribution in [0.5, 0.6) is 5.75 Å². The van der Waals surface area contributed by atoms with Gasteiger partial charge in [-0.3, -0.25) is 9.59 Å². The number of hydrogen-bond donors (Lipinski definition) is 0. The Bertz CT molecular complexity index is 852. The van der Waals surface area contributed by atoms with Crippen LogP contribution in [0.4, 0.5) is 0 Å². The standard InChI is InChI=1S/C23H31N3O5/c1-15-13-26(3)23(28)18-7-5-6-16(12-24)21(18)30-14-20-19(29-4)9-8-17(31-20)10-11-25(2)22(15)27/h5-7,15,17,19-20H,8-11,13-14H2,1-4H3/t15-,17+,19-,20+/m1/s1. The van der Waals surface area contributed by atoms with Crippen molar-refractivity contribution in [2.45, 2.75) is 44.5 Å². The molecule has 0 unspecified atom stereocenters. The first-order valence-corrected chi connectivity index (χ1v) is 10.7. The van der Waals surface area contributed by atoms with Crippen molar-refractivity contribution in [2.24, 2.45) is 5.92 Å². The fraction of sp³-hybridized carbons (Fsp3) is 0.609. The van der Waals surface area contributed by atoms with Crippen LogP contribution in [-0.4, -0.2) is 80.8 Å². The third-order valence-electron chi connectivity index (χ3n) is 6.09. The van der Waals surface area contributed by atoms with Crippen LogP contribution >= 0.6 is 0 Å². The number of hydrogen-bond acceptors (Lipinski definition) is 6. The van der Waals surface area contributed by atoms with Crippen molar-refractivity contribution in [1.82, 2.24) is 9.80 Å². The van der Waals surface area contributed by atoms with Crippen LogP contribution in [0, 0.1) is 17.2 Å². The van der Waals surface area contributed by atoms with Gasteiger partial charge in [0.2, 0.25) is 5.91 Å². The number of methoxy groups -OCH3 is 1. The molecule has 3 rings (SSSR count). The Kier molecular flexibility index (Phi) is 7.52. The summed E-state index contributed by atoms with van der Waals surface area (Å²) in [6.07, 6.45) is 1.90. The highest BCUT2D eigenvalue weighted by Gasteiger charge is 2.33. The molecule has 0 radical (unpaired) electrons.